The number of carbonyl (C=O) groups is 1. The van der Waals surface area contributed by atoms with Gasteiger partial charge in [-0.15, -0.1) is 4.33 Å². The van der Waals surface area contributed by atoms with Gasteiger partial charge in [0.05, 0.1) is 4.90 Å². The van der Waals surface area contributed by atoms with Gasteiger partial charge in [-0.25, -0.2) is 9.68 Å². The second kappa shape index (κ2) is 9.28. The van der Waals surface area contributed by atoms with Crippen LogP contribution >= 0.6 is 0 Å². The van der Waals surface area contributed by atoms with Crippen LogP contribution in [-0.4, -0.2) is 57.2 Å². The molecule has 1 aromatic rings. The monoisotopic (exact) mass is 309 g/mol. The summed E-state index contributed by atoms with van der Waals surface area (Å²) in [6, 6.07) is 7.55. The molecule has 6 nitrogen and oxygen atoms in total. The Morgan fingerprint density at radius 3 is 2.35 bits per heavy atom. The maximum Gasteiger partial charge on any atom is 0.333 e. The fourth-order valence-corrected chi connectivity index (χ4v) is 1.78. The summed E-state index contributed by atoms with van der Waals surface area (Å²) in [5, 5.41) is 0. The van der Waals surface area contributed by atoms with Crippen LogP contribution in [0.2, 0.25) is 0 Å². The number of carbonyl (C=O) groups excluding carboxylic acids is 1. The Balaban J connectivity index is 0.00000361. The van der Waals surface area contributed by atoms with Crippen LogP contribution in [0.3, 0.4) is 0 Å². The second-order valence-electron chi connectivity index (χ2n) is 3.57. The predicted octanol–water partition coefficient (Wildman–Crippen LogP) is 1.06. The molecule has 1 rings (SSSR count). The first kappa shape index (κ1) is 19.3. The molecular formula is C12H14NaO6S. The average Bonchev–Trinajstić information content (AvgIpc) is 2.39. The zero-order valence-corrected chi connectivity index (χ0v) is 14.2. The van der Waals surface area contributed by atoms with E-state index in [0.717, 1.165) is 0 Å². The third-order valence-corrected chi connectivity index (χ3v) is 3.04. The van der Waals surface area contributed by atoms with Crippen LogP contribution in [0.25, 0.3) is 0 Å². The van der Waals surface area contributed by atoms with Gasteiger partial charge < -0.3 is 4.74 Å². The number of ether oxygens (including phenoxy) is 1. The topological polar surface area (TPSA) is 78.9 Å². The minimum atomic E-state index is -3.96. The molecule has 105 valence electrons. The number of rotatable bonds is 7. The molecule has 0 aliphatic heterocycles. The van der Waals surface area contributed by atoms with Crippen LogP contribution in [-0.2, 0) is 28.9 Å². The largest absolute Gasteiger partial charge is 0.460 e. The molecule has 8 heteroatoms. The van der Waals surface area contributed by atoms with Crippen LogP contribution in [0.4, 0.5) is 0 Å². The summed E-state index contributed by atoms with van der Waals surface area (Å²) in [7, 11) is -3.96. The molecule has 0 saturated heterocycles. The summed E-state index contributed by atoms with van der Waals surface area (Å²) in [6.07, 6.45) is 0. The van der Waals surface area contributed by atoms with Crippen molar-refractivity contribution in [2.24, 2.45) is 0 Å². The van der Waals surface area contributed by atoms with Gasteiger partial charge in [-0.3, -0.25) is 0 Å². The molecular weight excluding hydrogens is 295 g/mol. The molecule has 0 N–H and O–H groups in total. The van der Waals surface area contributed by atoms with Crippen LogP contribution in [0.5, 0.6) is 0 Å². The molecule has 0 unspecified atom stereocenters. The average molecular weight is 309 g/mol. The number of benzene rings is 1. The van der Waals surface area contributed by atoms with E-state index < -0.39 is 16.1 Å². The molecule has 0 bridgehead atoms. The van der Waals surface area contributed by atoms with Crippen molar-refractivity contribution in [3.63, 3.8) is 0 Å². The summed E-state index contributed by atoms with van der Waals surface area (Å²) in [4.78, 5) is 15.5. The normalized spacial score (nSPS) is 10.4. The fourth-order valence-electron chi connectivity index (χ4n) is 1.02. The van der Waals surface area contributed by atoms with E-state index in [1.807, 2.05) is 0 Å². The molecule has 1 aromatic carbocycles. The molecule has 0 atom stereocenters. The van der Waals surface area contributed by atoms with Crippen LogP contribution in [0.1, 0.15) is 6.92 Å². The molecule has 1 radical (unpaired) electrons. The Morgan fingerprint density at radius 2 is 1.80 bits per heavy atom. The first-order chi connectivity index (χ1) is 8.93. The van der Waals surface area contributed by atoms with E-state index in [1.165, 1.54) is 19.1 Å². The van der Waals surface area contributed by atoms with E-state index in [2.05, 4.69) is 20.5 Å². The SMILES string of the molecule is C=C(C)C(=O)OCCOOS(=O)(=O)c1ccccc1.[Na]. The standard InChI is InChI=1S/C12H14O6S.Na/c1-10(2)12(13)16-8-9-17-18-19(14,15)11-6-4-3-5-7-11;/h3-7H,1,8-9H2,2H3;. The van der Waals surface area contributed by atoms with Gasteiger partial charge in [0.25, 0.3) is 0 Å². The van der Waals surface area contributed by atoms with Gasteiger partial charge in [0.15, 0.2) is 0 Å². The van der Waals surface area contributed by atoms with E-state index in [4.69, 9.17) is 0 Å². The smallest absolute Gasteiger partial charge is 0.333 e. The Kier molecular flexibility index (Phi) is 8.95. The quantitative estimate of drug-likeness (QED) is 0.187. The summed E-state index contributed by atoms with van der Waals surface area (Å²) in [5.41, 5.74) is 0.248. The third-order valence-electron chi connectivity index (χ3n) is 1.92. The Hall–Kier alpha value is -0.700. The van der Waals surface area contributed by atoms with Gasteiger partial charge in [-0.1, -0.05) is 24.8 Å². The Bertz CT molecular complexity index is 540. The molecule has 0 heterocycles. The van der Waals surface area contributed by atoms with Gasteiger partial charge in [0.1, 0.15) is 13.2 Å². The molecule has 0 aromatic heterocycles. The molecule has 0 saturated carbocycles. The first-order valence-corrected chi connectivity index (χ1v) is 6.78. The maximum absolute atomic E-state index is 11.6. The van der Waals surface area contributed by atoms with Crippen molar-refractivity contribution >= 4 is 45.6 Å². The van der Waals surface area contributed by atoms with Crippen LogP contribution in [0.15, 0.2) is 47.4 Å². The zero-order valence-electron chi connectivity index (χ0n) is 11.4. The molecule has 0 aliphatic carbocycles. The first-order valence-electron chi connectivity index (χ1n) is 5.37. The van der Waals surface area contributed by atoms with E-state index >= 15 is 0 Å². The van der Waals surface area contributed by atoms with Crippen molar-refractivity contribution in [1.82, 2.24) is 0 Å². The fraction of sp³-hybridized carbons (Fsp3) is 0.250. The van der Waals surface area contributed by atoms with Crippen molar-refractivity contribution in [3.05, 3.63) is 42.5 Å². The summed E-state index contributed by atoms with van der Waals surface area (Å²) in [5.74, 6) is -0.575. The van der Waals surface area contributed by atoms with E-state index in [0.29, 0.717) is 0 Å². The van der Waals surface area contributed by atoms with Gasteiger partial charge in [0.2, 0.25) is 0 Å². The van der Waals surface area contributed by atoms with Crippen molar-refractivity contribution in [2.75, 3.05) is 13.2 Å². The van der Waals surface area contributed by atoms with Gasteiger partial charge >= 0.3 is 16.1 Å². The van der Waals surface area contributed by atoms with Crippen LogP contribution in [0, 0.1) is 0 Å². The van der Waals surface area contributed by atoms with Gasteiger partial charge in [-0.05, 0) is 19.1 Å². The van der Waals surface area contributed by atoms with E-state index in [9.17, 15) is 13.2 Å². The number of esters is 1. The molecule has 0 spiro atoms. The zero-order chi connectivity index (χ0) is 14.3. The number of hydrogen-bond acceptors (Lipinski definition) is 6. The van der Waals surface area contributed by atoms with Crippen LogP contribution < -0.4 is 0 Å². The maximum atomic E-state index is 11.6. The Labute approximate surface area is 140 Å². The van der Waals surface area contributed by atoms with Crippen molar-refractivity contribution in [3.8, 4) is 0 Å². The Morgan fingerprint density at radius 1 is 1.20 bits per heavy atom. The van der Waals surface area contributed by atoms with Gasteiger partial charge in [-0.2, -0.15) is 8.42 Å². The van der Waals surface area contributed by atoms with Crippen molar-refractivity contribution in [2.45, 2.75) is 11.8 Å². The molecule has 0 aliphatic rings. The molecule has 0 amide bonds. The van der Waals surface area contributed by atoms with E-state index in [1.54, 1.807) is 18.2 Å². The predicted molar refractivity (Wildman–Crippen MR) is 72.2 cm³/mol. The van der Waals surface area contributed by atoms with Crippen molar-refractivity contribution in [1.29, 1.82) is 0 Å². The summed E-state index contributed by atoms with van der Waals surface area (Å²) in [6.45, 7) is 4.56. The van der Waals surface area contributed by atoms with Crippen molar-refractivity contribution < 1.29 is 27.2 Å². The summed E-state index contributed by atoms with van der Waals surface area (Å²) >= 11 is 0. The minimum absolute atomic E-state index is 0. The molecule has 0 fully saturated rings. The molecule has 20 heavy (non-hydrogen) atoms. The summed E-state index contributed by atoms with van der Waals surface area (Å²) < 4.78 is 32.1. The third kappa shape index (κ3) is 6.65. The minimum Gasteiger partial charge on any atom is -0.460 e. The number of hydrogen-bond donors (Lipinski definition) is 0. The van der Waals surface area contributed by atoms with E-state index in [-0.39, 0.29) is 53.2 Å². The van der Waals surface area contributed by atoms with Gasteiger partial charge in [0, 0.05) is 35.1 Å². The second-order valence-corrected chi connectivity index (χ2v) is 5.09.